The molecule has 0 fully saturated rings. The van der Waals surface area contributed by atoms with Gasteiger partial charge in [0.2, 0.25) is 11.8 Å². The van der Waals surface area contributed by atoms with Crippen molar-refractivity contribution in [1.82, 2.24) is 20.6 Å². The number of aryl methyl sites for hydroxylation is 1. The maximum absolute atomic E-state index is 12.0. The normalized spacial score (nSPS) is 10.7. The molecule has 0 aromatic carbocycles. The van der Waals surface area contributed by atoms with Crippen LogP contribution in [-0.4, -0.2) is 33.3 Å². The number of rotatable bonds is 10. The summed E-state index contributed by atoms with van der Waals surface area (Å²) in [6.45, 7) is 2.54. The summed E-state index contributed by atoms with van der Waals surface area (Å²) in [6.07, 6.45) is 3.13. The van der Waals surface area contributed by atoms with Crippen molar-refractivity contribution in [3.63, 3.8) is 0 Å². The molecule has 0 aliphatic heterocycles. The molecule has 0 aliphatic carbocycles. The molecule has 0 spiro atoms. The van der Waals surface area contributed by atoms with Gasteiger partial charge in [0, 0.05) is 5.69 Å². The standard InChI is InChI=1S/C19H20N4O4S2/c1-13-8-18(28-11-16(24)20-9-14-4-2-6-26-14)23-19(22-13)29-12-17(25)21-10-15-5-3-7-27-15/h2-8H,9-12H2,1H3,(H,20,24)(H,21,25). The molecule has 0 unspecified atom stereocenters. The molecule has 8 nitrogen and oxygen atoms in total. The van der Waals surface area contributed by atoms with Gasteiger partial charge in [0.05, 0.1) is 37.1 Å². The van der Waals surface area contributed by atoms with Crippen LogP contribution in [0.4, 0.5) is 0 Å². The van der Waals surface area contributed by atoms with E-state index in [2.05, 4.69) is 20.6 Å². The zero-order chi connectivity index (χ0) is 20.5. The van der Waals surface area contributed by atoms with Gasteiger partial charge in [0.25, 0.3) is 0 Å². The van der Waals surface area contributed by atoms with Gasteiger partial charge in [-0.1, -0.05) is 23.5 Å². The number of nitrogens with zero attached hydrogens (tertiary/aromatic N) is 2. The monoisotopic (exact) mass is 432 g/mol. The Morgan fingerprint density at radius 3 is 2.07 bits per heavy atom. The van der Waals surface area contributed by atoms with Crippen LogP contribution in [0, 0.1) is 6.92 Å². The largest absolute Gasteiger partial charge is 0.467 e. The van der Waals surface area contributed by atoms with Crippen LogP contribution in [0.25, 0.3) is 0 Å². The van der Waals surface area contributed by atoms with Gasteiger partial charge in [-0.2, -0.15) is 0 Å². The Kier molecular flexibility index (Phi) is 7.77. The van der Waals surface area contributed by atoms with Crippen molar-refractivity contribution in [1.29, 1.82) is 0 Å². The average Bonchev–Trinajstić information content (AvgIpc) is 3.41. The summed E-state index contributed by atoms with van der Waals surface area (Å²) in [6, 6.07) is 8.95. The van der Waals surface area contributed by atoms with Crippen LogP contribution in [0.1, 0.15) is 17.2 Å². The van der Waals surface area contributed by atoms with Gasteiger partial charge in [-0.05, 0) is 37.3 Å². The number of hydrogen-bond acceptors (Lipinski definition) is 8. The fourth-order valence-corrected chi connectivity index (χ4v) is 3.80. The third kappa shape index (κ3) is 7.31. The molecule has 0 bridgehead atoms. The topological polar surface area (TPSA) is 110 Å². The van der Waals surface area contributed by atoms with Crippen LogP contribution in [0.2, 0.25) is 0 Å². The van der Waals surface area contributed by atoms with Crippen molar-refractivity contribution in [2.24, 2.45) is 0 Å². The highest BCUT2D eigenvalue weighted by molar-refractivity contribution is 8.00. The van der Waals surface area contributed by atoms with Crippen molar-refractivity contribution in [3.8, 4) is 0 Å². The Morgan fingerprint density at radius 2 is 1.52 bits per heavy atom. The third-order valence-electron chi connectivity index (χ3n) is 3.57. The number of thioether (sulfide) groups is 2. The lowest BCUT2D eigenvalue weighted by molar-refractivity contribution is -0.119. The maximum atomic E-state index is 12.0. The molecule has 3 heterocycles. The van der Waals surface area contributed by atoms with Gasteiger partial charge < -0.3 is 19.5 Å². The van der Waals surface area contributed by atoms with E-state index in [0.717, 1.165) is 5.69 Å². The Labute approximate surface area is 176 Å². The number of carbonyl (C=O) groups excluding carboxylic acids is 2. The zero-order valence-corrected chi connectivity index (χ0v) is 17.3. The molecule has 0 saturated heterocycles. The van der Waals surface area contributed by atoms with E-state index in [0.29, 0.717) is 34.8 Å². The first-order valence-corrected chi connectivity index (χ1v) is 10.7. The summed E-state index contributed by atoms with van der Waals surface area (Å²) < 4.78 is 10.4. The molecule has 10 heteroatoms. The molecule has 0 atom stereocenters. The first-order valence-electron chi connectivity index (χ1n) is 8.78. The lowest BCUT2D eigenvalue weighted by Gasteiger charge is -2.06. The van der Waals surface area contributed by atoms with E-state index in [1.807, 2.05) is 13.0 Å². The minimum absolute atomic E-state index is 0.117. The molecular weight excluding hydrogens is 412 g/mol. The van der Waals surface area contributed by atoms with Gasteiger partial charge >= 0.3 is 0 Å². The maximum Gasteiger partial charge on any atom is 0.230 e. The lowest BCUT2D eigenvalue weighted by Crippen LogP contribution is -2.24. The molecule has 2 amide bonds. The smallest absolute Gasteiger partial charge is 0.230 e. The average molecular weight is 433 g/mol. The number of amides is 2. The van der Waals surface area contributed by atoms with Crippen LogP contribution in [0.3, 0.4) is 0 Å². The van der Waals surface area contributed by atoms with Gasteiger partial charge in [-0.15, -0.1) is 0 Å². The summed E-state index contributed by atoms with van der Waals surface area (Å²) in [5.41, 5.74) is 0.775. The second-order valence-corrected chi connectivity index (χ2v) is 7.86. The second-order valence-electron chi connectivity index (χ2n) is 5.92. The van der Waals surface area contributed by atoms with E-state index in [-0.39, 0.29) is 23.3 Å². The number of furan rings is 2. The van der Waals surface area contributed by atoms with Gasteiger partial charge in [-0.3, -0.25) is 9.59 Å². The van der Waals surface area contributed by atoms with Gasteiger partial charge in [-0.25, -0.2) is 9.97 Å². The Morgan fingerprint density at radius 1 is 0.931 bits per heavy atom. The molecule has 152 valence electrons. The van der Waals surface area contributed by atoms with Crippen molar-refractivity contribution in [2.45, 2.75) is 30.2 Å². The summed E-state index contributed by atoms with van der Waals surface area (Å²) in [5.74, 6) is 1.56. The molecule has 0 saturated carbocycles. The van der Waals surface area contributed by atoms with E-state index < -0.39 is 0 Å². The second kappa shape index (κ2) is 10.7. The fourth-order valence-electron chi connectivity index (χ4n) is 2.22. The molecule has 0 radical (unpaired) electrons. The Bertz CT molecular complexity index is 857. The number of hydrogen-bond donors (Lipinski definition) is 2. The molecule has 3 aromatic heterocycles. The first kappa shape index (κ1) is 21.0. The van der Waals surface area contributed by atoms with Crippen molar-refractivity contribution in [2.75, 3.05) is 11.5 Å². The van der Waals surface area contributed by atoms with Crippen molar-refractivity contribution >= 4 is 35.3 Å². The van der Waals surface area contributed by atoms with Crippen molar-refractivity contribution < 1.29 is 18.4 Å². The van der Waals surface area contributed by atoms with Crippen LogP contribution in [0.15, 0.2) is 61.9 Å². The number of aromatic nitrogens is 2. The molecule has 0 aliphatic rings. The predicted octanol–water partition coefficient (Wildman–Crippen LogP) is 2.79. The number of nitrogens with one attached hydrogen (secondary N) is 2. The predicted molar refractivity (Wildman–Crippen MR) is 109 cm³/mol. The lowest BCUT2D eigenvalue weighted by atomic mass is 10.4. The van der Waals surface area contributed by atoms with E-state index >= 15 is 0 Å². The van der Waals surface area contributed by atoms with Gasteiger partial charge in [0.1, 0.15) is 16.5 Å². The summed E-state index contributed by atoms with van der Waals surface area (Å²) in [5, 5.41) is 6.74. The van der Waals surface area contributed by atoms with E-state index in [4.69, 9.17) is 8.83 Å². The first-order chi connectivity index (χ1) is 14.1. The van der Waals surface area contributed by atoms with E-state index in [1.165, 1.54) is 23.5 Å². The van der Waals surface area contributed by atoms with Crippen molar-refractivity contribution in [3.05, 3.63) is 60.1 Å². The minimum Gasteiger partial charge on any atom is -0.467 e. The highest BCUT2D eigenvalue weighted by Crippen LogP contribution is 2.21. The molecule has 3 aromatic rings. The quantitative estimate of drug-likeness (QED) is 0.286. The Balaban J connectivity index is 1.43. The van der Waals surface area contributed by atoms with E-state index in [1.54, 1.807) is 36.8 Å². The highest BCUT2D eigenvalue weighted by Gasteiger charge is 2.10. The van der Waals surface area contributed by atoms with E-state index in [9.17, 15) is 9.59 Å². The van der Waals surface area contributed by atoms with Crippen LogP contribution < -0.4 is 10.6 Å². The zero-order valence-electron chi connectivity index (χ0n) is 15.7. The number of carbonyl (C=O) groups is 2. The van der Waals surface area contributed by atoms with Gasteiger partial charge in [0.15, 0.2) is 5.16 Å². The molecule has 3 rings (SSSR count). The third-order valence-corrected chi connectivity index (χ3v) is 5.33. The summed E-state index contributed by atoms with van der Waals surface area (Å²) in [4.78, 5) is 32.7. The summed E-state index contributed by atoms with van der Waals surface area (Å²) in [7, 11) is 0. The van der Waals surface area contributed by atoms with Crippen LogP contribution in [-0.2, 0) is 22.7 Å². The fraction of sp³-hybridized carbons (Fsp3) is 0.263. The van der Waals surface area contributed by atoms with Crippen LogP contribution >= 0.6 is 23.5 Å². The molecule has 29 heavy (non-hydrogen) atoms. The highest BCUT2D eigenvalue weighted by atomic mass is 32.2. The molecule has 2 N–H and O–H groups in total. The Hall–Kier alpha value is -2.72. The SMILES string of the molecule is Cc1cc(SCC(=O)NCc2ccco2)nc(SCC(=O)NCc2ccco2)n1. The summed E-state index contributed by atoms with van der Waals surface area (Å²) >= 11 is 2.56. The minimum atomic E-state index is -0.136. The molecular formula is C19H20N4O4S2. The van der Waals surface area contributed by atoms with Crippen LogP contribution in [0.5, 0.6) is 0 Å².